The van der Waals surface area contributed by atoms with E-state index in [0.29, 0.717) is 23.7 Å². The van der Waals surface area contributed by atoms with Gasteiger partial charge in [0.05, 0.1) is 10.2 Å². The second-order valence-corrected chi connectivity index (χ2v) is 6.48. The minimum Gasteiger partial charge on any atom is -0.490 e. The molecule has 1 heterocycles. The number of terminal acetylenes is 1. The highest BCUT2D eigenvalue weighted by atomic mass is 127. The minimum absolute atomic E-state index is 0.109. The summed E-state index contributed by atoms with van der Waals surface area (Å²) in [5.74, 6) is 3.59. The molecule has 5 heteroatoms. The predicted molar refractivity (Wildman–Crippen MR) is 108 cm³/mol. The zero-order chi connectivity index (χ0) is 17.8. The van der Waals surface area contributed by atoms with Crippen molar-refractivity contribution in [3.8, 4) is 23.8 Å². The van der Waals surface area contributed by atoms with Gasteiger partial charge in [0, 0.05) is 16.8 Å². The summed E-state index contributed by atoms with van der Waals surface area (Å²) >= 11 is 2.18. The van der Waals surface area contributed by atoms with Gasteiger partial charge >= 0.3 is 0 Å². The Morgan fingerprint density at radius 1 is 1.28 bits per heavy atom. The Bertz CT molecular complexity index is 896. The largest absolute Gasteiger partial charge is 0.490 e. The summed E-state index contributed by atoms with van der Waals surface area (Å²) < 4.78 is 12.2. The van der Waals surface area contributed by atoms with Crippen LogP contribution in [0.5, 0.6) is 11.5 Å². The standard InChI is InChI=1S/C20H16INO3/c1-3-9-25-19-16(21)11-13(12-18(19)24-4-2)10-15-14-7-5-6-8-17(14)22-20(15)23/h1,5-8,10-12H,4,9H2,2H3,(H,22,23)/b15-10-. The Hall–Kier alpha value is -2.46. The van der Waals surface area contributed by atoms with Crippen LogP contribution in [-0.2, 0) is 4.79 Å². The molecule has 0 fully saturated rings. The number of rotatable bonds is 5. The molecule has 0 atom stereocenters. The number of amides is 1. The molecule has 2 aromatic rings. The molecule has 4 nitrogen and oxygen atoms in total. The topological polar surface area (TPSA) is 47.6 Å². The fourth-order valence-electron chi connectivity index (χ4n) is 2.64. The first kappa shape index (κ1) is 17.4. The van der Waals surface area contributed by atoms with Gasteiger partial charge in [-0.3, -0.25) is 4.79 Å². The van der Waals surface area contributed by atoms with Gasteiger partial charge in [0.2, 0.25) is 0 Å². The molecule has 0 saturated carbocycles. The maximum absolute atomic E-state index is 12.3. The summed E-state index contributed by atoms with van der Waals surface area (Å²) in [6.07, 6.45) is 7.14. The predicted octanol–water partition coefficient (Wildman–Crippen LogP) is 4.19. The Morgan fingerprint density at radius 2 is 2.08 bits per heavy atom. The van der Waals surface area contributed by atoms with E-state index in [4.69, 9.17) is 15.9 Å². The zero-order valence-electron chi connectivity index (χ0n) is 13.6. The van der Waals surface area contributed by atoms with E-state index in [1.54, 1.807) is 0 Å². The van der Waals surface area contributed by atoms with Crippen molar-refractivity contribution in [2.75, 3.05) is 18.5 Å². The molecule has 25 heavy (non-hydrogen) atoms. The van der Waals surface area contributed by atoms with Gasteiger partial charge in [-0.05, 0) is 59.4 Å². The number of fused-ring (bicyclic) bond motifs is 1. The van der Waals surface area contributed by atoms with Crippen LogP contribution in [0.4, 0.5) is 5.69 Å². The maximum Gasteiger partial charge on any atom is 0.256 e. The molecule has 1 amide bonds. The number of ether oxygens (including phenoxy) is 2. The molecule has 126 valence electrons. The highest BCUT2D eigenvalue weighted by Gasteiger charge is 2.23. The SMILES string of the molecule is C#CCOc1c(I)cc(/C=C2\C(=O)Nc3ccccc32)cc1OCC. The molecule has 1 aliphatic heterocycles. The molecule has 1 N–H and O–H groups in total. The zero-order valence-corrected chi connectivity index (χ0v) is 15.8. The first-order valence-corrected chi connectivity index (χ1v) is 8.87. The molecule has 0 radical (unpaired) electrons. The van der Waals surface area contributed by atoms with Crippen molar-refractivity contribution in [2.45, 2.75) is 6.92 Å². The van der Waals surface area contributed by atoms with Crippen molar-refractivity contribution in [1.82, 2.24) is 0 Å². The number of benzene rings is 2. The van der Waals surface area contributed by atoms with E-state index >= 15 is 0 Å². The fourth-order valence-corrected chi connectivity index (χ4v) is 3.42. The molecule has 0 bridgehead atoms. The van der Waals surface area contributed by atoms with E-state index in [0.717, 1.165) is 20.4 Å². The first-order chi connectivity index (χ1) is 12.1. The summed E-state index contributed by atoms with van der Waals surface area (Å²) in [6.45, 7) is 2.59. The van der Waals surface area contributed by atoms with Gasteiger partial charge in [-0.1, -0.05) is 24.1 Å². The van der Waals surface area contributed by atoms with Crippen LogP contribution in [0.1, 0.15) is 18.1 Å². The third-order valence-electron chi connectivity index (χ3n) is 3.65. The molecular weight excluding hydrogens is 429 g/mol. The van der Waals surface area contributed by atoms with Gasteiger partial charge in [-0.2, -0.15) is 0 Å². The van der Waals surface area contributed by atoms with Crippen LogP contribution in [0.15, 0.2) is 36.4 Å². The maximum atomic E-state index is 12.3. The van der Waals surface area contributed by atoms with Crippen LogP contribution in [-0.4, -0.2) is 19.1 Å². The molecule has 0 aromatic heterocycles. The highest BCUT2D eigenvalue weighted by Crippen LogP contribution is 2.37. The molecule has 1 aliphatic rings. The van der Waals surface area contributed by atoms with Crippen molar-refractivity contribution in [2.24, 2.45) is 0 Å². The fraction of sp³-hybridized carbons (Fsp3) is 0.150. The normalized spacial score (nSPS) is 14.0. The van der Waals surface area contributed by atoms with Gasteiger partial charge < -0.3 is 14.8 Å². The Labute approximate surface area is 160 Å². The van der Waals surface area contributed by atoms with Crippen molar-refractivity contribution in [3.05, 3.63) is 51.1 Å². The van der Waals surface area contributed by atoms with Gasteiger partial charge in [0.15, 0.2) is 11.5 Å². The molecule has 0 spiro atoms. The molecule has 3 rings (SSSR count). The smallest absolute Gasteiger partial charge is 0.256 e. The molecule has 0 unspecified atom stereocenters. The van der Waals surface area contributed by atoms with Crippen LogP contribution in [0.3, 0.4) is 0 Å². The third kappa shape index (κ3) is 3.64. The summed E-state index contributed by atoms with van der Waals surface area (Å²) in [4.78, 5) is 12.3. The lowest BCUT2D eigenvalue weighted by Crippen LogP contribution is -2.04. The summed E-state index contributed by atoms with van der Waals surface area (Å²) in [5, 5.41) is 2.87. The van der Waals surface area contributed by atoms with Crippen LogP contribution in [0, 0.1) is 15.9 Å². The highest BCUT2D eigenvalue weighted by molar-refractivity contribution is 14.1. The van der Waals surface area contributed by atoms with Crippen molar-refractivity contribution in [3.63, 3.8) is 0 Å². The van der Waals surface area contributed by atoms with Crippen molar-refractivity contribution < 1.29 is 14.3 Å². The van der Waals surface area contributed by atoms with E-state index in [2.05, 4.69) is 33.8 Å². The number of carbonyl (C=O) groups excluding carboxylic acids is 1. The summed E-state index contributed by atoms with van der Waals surface area (Å²) in [6, 6.07) is 11.4. The second kappa shape index (κ2) is 7.62. The van der Waals surface area contributed by atoms with Gasteiger partial charge in [0.25, 0.3) is 5.91 Å². The quantitative estimate of drug-likeness (QED) is 0.427. The Kier molecular flexibility index (Phi) is 5.29. The minimum atomic E-state index is -0.109. The van der Waals surface area contributed by atoms with E-state index < -0.39 is 0 Å². The van der Waals surface area contributed by atoms with Crippen LogP contribution in [0.2, 0.25) is 0 Å². The molecule has 0 saturated heterocycles. The summed E-state index contributed by atoms with van der Waals surface area (Å²) in [5.41, 5.74) is 3.22. The third-order valence-corrected chi connectivity index (χ3v) is 4.45. The van der Waals surface area contributed by atoms with E-state index in [1.165, 1.54) is 0 Å². The average Bonchev–Trinajstić information content (AvgIpc) is 2.90. The lowest BCUT2D eigenvalue weighted by atomic mass is 10.0. The van der Waals surface area contributed by atoms with Gasteiger partial charge in [-0.25, -0.2) is 0 Å². The van der Waals surface area contributed by atoms with Crippen LogP contribution >= 0.6 is 22.6 Å². The van der Waals surface area contributed by atoms with Crippen molar-refractivity contribution >= 4 is 45.8 Å². The average molecular weight is 445 g/mol. The number of nitrogens with one attached hydrogen (secondary N) is 1. The van der Waals surface area contributed by atoms with Crippen LogP contribution < -0.4 is 14.8 Å². The lowest BCUT2D eigenvalue weighted by Gasteiger charge is -2.13. The van der Waals surface area contributed by atoms with Gasteiger partial charge in [-0.15, -0.1) is 6.42 Å². The van der Waals surface area contributed by atoms with E-state index in [1.807, 2.05) is 49.4 Å². The van der Waals surface area contributed by atoms with E-state index in [-0.39, 0.29) is 12.5 Å². The van der Waals surface area contributed by atoms with Crippen LogP contribution in [0.25, 0.3) is 11.6 Å². The molecule has 2 aromatic carbocycles. The summed E-state index contributed by atoms with van der Waals surface area (Å²) in [7, 11) is 0. The van der Waals surface area contributed by atoms with Crippen molar-refractivity contribution in [1.29, 1.82) is 0 Å². The first-order valence-electron chi connectivity index (χ1n) is 7.79. The monoisotopic (exact) mass is 445 g/mol. The van der Waals surface area contributed by atoms with Gasteiger partial charge in [0.1, 0.15) is 6.61 Å². The number of anilines is 1. The second-order valence-electron chi connectivity index (χ2n) is 5.31. The number of halogens is 1. The Balaban J connectivity index is 2.04. The number of carbonyl (C=O) groups is 1. The Morgan fingerprint density at radius 3 is 2.84 bits per heavy atom. The number of hydrogen-bond acceptors (Lipinski definition) is 3. The molecular formula is C20H16INO3. The number of hydrogen-bond donors (Lipinski definition) is 1. The lowest BCUT2D eigenvalue weighted by molar-refractivity contribution is -0.110. The number of para-hydroxylation sites is 1. The van der Waals surface area contributed by atoms with E-state index in [9.17, 15) is 4.79 Å². The molecule has 0 aliphatic carbocycles.